The Bertz CT molecular complexity index is 945. The van der Waals surface area contributed by atoms with E-state index < -0.39 is 27.6 Å². The summed E-state index contributed by atoms with van der Waals surface area (Å²) < 4.78 is 57.9. The molecule has 0 bridgehead atoms. The molecule has 144 valence electrons. The largest absolute Gasteiger partial charge is 0.465 e. The van der Waals surface area contributed by atoms with Crippen molar-refractivity contribution in [3.63, 3.8) is 0 Å². The number of ether oxygens (including phenoxy) is 1. The second kappa shape index (κ2) is 7.74. The van der Waals surface area contributed by atoms with Crippen molar-refractivity contribution >= 4 is 16.0 Å². The van der Waals surface area contributed by atoms with Gasteiger partial charge in [-0.1, -0.05) is 6.07 Å². The maximum atomic E-state index is 13.3. The third-order valence-electron chi connectivity index (χ3n) is 4.67. The van der Waals surface area contributed by atoms with Gasteiger partial charge in [-0.05, 0) is 60.7 Å². The van der Waals surface area contributed by atoms with Gasteiger partial charge >= 0.3 is 5.97 Å². The summed E-state index contributed by atoms with van der Waals surface area (Å²) >= 11 is 0. The van der Waals surface area contributed by atoms with Crippen LogP contribution in [0.4, 0.5) is 8.78 Å². The smallest absolute Gasteiger partial charge is 0.337 e. The monoisotopic (exact) mass is 395 g/mol. The second-order valence-electron chi connectivity index (χ2n) is 6.49. The normalized spacial score (nSPS) is 17.8. The van der Waals surface area contributed by atoms with Crippen LogP contribution in [-0.2, 0) is 21.2 Å². The molecule has 1 heterocycles. The van der Waals surface area contributed by atoms with Crippen LogP contribution in [0.2, 0.25) is 0 Å². The number of esters is 1. The molecule has 27 heavy (non-hydrogen) atoms. The summed E-state index contributed by atoms with van der Waals surface area (Å²) in [5, 5.41) is 0. The highest BCUT2D eigenvalue weighted by molar-refractivity contribution is 7.89. The van der Waals surface area contributed by atoms with Crippen LogP contribution in [0.25, 0.3) is 0 Å². The number of sulfonamides is 1. The van der Waals surface area contributed by atoms with E-state index in [9.17, 15) is 22.0 Å². The predicted molar refractivity (Wildman–Crippen MR) is 94.7 cm³/mol. The van der Waals surface area contributed by atoms with E-state index in [2.05, 4.69) is 4.74 Å². The fourth-order valence-corrected chi connectivity index (χ4v) is 4.74. The Balaban J connectivity index is 1.69. The van der Waals surface area contributed by atoms with E-state index in [1.165, 1.54) is 41.7 Å². The zero-order valence-corrected chi connectivity index (χ0v) is 15.5. The number of methoxy groups -OCH3 is 1. The van der Waals surface area contributed by atoms with Crippen LogP contribution in [0, 0.1) is 17.6 Å². The predicted octanol–water partition coefficient (Wildman–Crippen LogP) is 3.00. The first-order chi connectivity index (χ1) is 12.8. The topological polar surface area (TPSA) is 63.7 Å². The highest BCUT2D eigenvalue weighted by Crippen LogP contribution is 2.27. The molecule has 8 heteroatoms. The summed E-state index contributed by atoms with van der Waals surface area (Å²) in [6.45, 7) is 0.662. The van der Waals surface area contributed by atoms with Gasteiger partial charge in [0.25, 0.3) is 0 Å². The van der Waals surface area contributed by atoms with E-state index in [1.54, 1.807) is 0 Å². The Morgan fingerprint density at radius 3 is 2.48 bits per heavy atom. The molecule has 0 aromatic heterocycles. The number of carbonyl (C=O) groups excluding carboxylic acids is 1. The lowest BCUT2D eigenvalue weighted by Gasteiger charge is -2.17. The molecule has 1 fully saturated rings. The van der Waals surface area contributed by atoms with Crippen molar-refractivity contribution in [3.05, 3.63) is 65.2 Å². The quantitative estimate of drug-likeness (QED) is 0.730. The van der Waals surface area contributed by atoms with Gasteiger partial charge in [0.1, 0.15) is 0 Å². The van der Waals surface area contributed by atoms with E-state index in [0.29, 0.717) is 31.5 Å². The van der Waals surface area contributed by atoms with Crippen LogP contribution in [0.5, 0.6) is 0 Å². The van der Waals surface area contributed by atoms with Crippen LogP contribution in [-0.4, -0.2) is 38.9 Å². The molecule has 1 unspecified atom stereocenters. The average Bonchev–Trinajstić information content (AvgIpc) is 3.13. The van der Waals surface area contributed by atoms with Crippen LogP contribution >= 0.6 is 0 Å². The summed E-state index contributed by atoms with van der Waals surface area (Å²) in [6.07, 6.45) is 1.11. The van der Waals surface area contributed by atoms with Gasteiger partial charge in [-0.3, -0.25) is 0 Å². The molecule has 0 saturated carbocycles. The molecule has 3 rings (SSSR count). The minimum Gasteiger partial charge on any atom is -0.465 e. The number of carbonyl (C=O) groups is 1. The lowest BCUT2D eigenvalue weighted by atomic mass is 9.99. The van der Waals surface area contributed by atoms with Gasteiger partial charge < -0.3 is 4.74 Å². The molecule has 1 atom stereocenters. The summed E-state index contributed by atoms with van der Waals surface area (Å²) in [6, 6.07) is 9.33. The number of hydrogen-bond acceptors (Lipinski definition) is 4. The average molecular weight is 395 g/mol. The molecule has 5 nitrogen and oxygen atoms in total. The Labute approximate surface area is 156 Å². The first-order valence-electron chi connectivity index (χ1n) is 8.43. The van der Waals surface area contributed by atoms with E-state index >= 15 is 0 Å². The molecule has 1 saturated heterocycles. The Hall–Kier alpha value is -2.32. The van der Waals surface area contributed by atoms with Crippen LogP contribution in [0.1, 0.15) is 22.3 Å². The fraction of sp³-hybridized carbons (Fsp3) is 0.316. The van der Waals surface area contributed by atoms with Crippen LogP contribution in [0.15, 0.2) is 47.4 Å². The molecule has 0 N–H and O–H groups in total. The van der Waals surface area contributed by atoms with Gasteiger partial charge in [-0.15, -0.1) is 0 Å². The number of hydrogen-bond donors (Lipinski definition) is 0. The summed E-state index contributed by atoms with van der Waals surface area (Å²) in [4.78, 5) is 11.6. The van der Waals surface area contributed by atoms with Crippen molar-refractivity contribution in [2.45, 2.75) is 17.7 Å². The van der Waals surface area contributed by atoms with Crippen LogP contribution < -0.4 is 0 Å². The standard InChI is InChI=1S/C19H19F2NO4S/c1-26-19(23)15-3-5-16(6-4-15)27(24,25)22-9-8-14(12-22)10-13-2-7-17(20)18(21)11-13/h2-7,11,14H,8-10,12H2,1H3. The minimum absolute atomic E-state index is 0.0268. The number of rotatable bonds is 5. The first kappa shape index (κ1) is 19.4. The first-order valence-corrected chi connectivity index (χ1v) is 9.87. The number of benzene rings is 2. The summed E-state index contributed by atoms with van der Waals surface area (Å²) in [7, 11) is -2.43. The Morgan fingerprint density at radius 2 is 1.85 bits per heavy atom. The van der Waals surface area contributed by atoms with Gasteiger partial charge in [0.2, 0.25) is 10.0 Å². The molecular formula is C19H19F2NO4S. The van der Waals surface area contributed by atoms with Crippen molar-refractivity contribution < 1.29 is 26.7 Å². The zero-order chi connectivity index (χ0) is 19.6. The van der Waals surface area contributed by atoms with Gasteiger partial charge in [0.15, 0.2) is 11.6 Å². The van der Waals surface area contributed by atoms with Gasteiger partial charge in [0.05, 0.1) is 17.6 Å². The van der Waals surface area contributed by atoms with Crippen molar-refractivity contribution in [2.75, 3.05) is 20.2 Å². The van der Waals surface area contributed by atoms with E-state index in [-0.39, 0.29) is 16.4 Å². The van der Waals surface area contributed by atoms with E-state index in [0.717, 1.165) is 12.1 Å². The maximum absolute atomic E-state index is 13.3. The highest BCUT2D eigenvalue weighted by Gasteiger charge is 2.32. The number of nitrogens with zero attached hydrogens (tertiary/aromatic N) is 1. The third kappa shape index (κ3) is 4.17. The summed E-state index contributed by atoms with van der Waals surface area (Å²) in [5.41, 5.74) is 0.912. The lowest BCUT2D eigenvalue weighted by molar-refractivity contribution is 0.0600. The molecule has 2 aromatic rings. The van der Waals surface area contributed by atoms with Gasteiger partial charge in [-0.25, -0.2) is 22.0 Å². The third-order valence-corrected chi connectivity index (χ3v) is 6.55. The molecule has 1 aliphatic heterocycles. The van der Waals surface area contributed by atoms with Crippen molar-refractivity contribution in [1.29, 1.82) is 0 Å². The molecule has 1 aliphatic rings. The van der Waals surface area contributed by atoms with Crippen LogP contribution in [0.3, 0.4) is 0 Å². The molecule has 0 radical (unpaired) electrons. The minimum atomic E-state index is -3.68. The number of halogens is 2. The summed E-state index contributed by atoms with van der Waals surface area (Å²) in [5.74, 6) is -2.31. The zero-order valence-electron chi connectivity index (χ0n) is 14.7. The molecule has 0 amide bonds. The SMILES string of the molecule is COC(=O)c1ccc(S(=O)(=O)N2CCC(Cc3ccc(F)c(F)c3)C2)cc1. The van der Waals surface area contributed by atoms with Crippen molar-refractivity contribution in [1.82, 2.24) is 4.31 Å². The fourth-order valence-electron chi connectivity index (χ4n) is 3.21. The molecule has 2 aromatic carbocycles. The van der Waals surface area contributed by atoms with Gasteiger partial charge in [0, 0.05) is 13.1 Å². The Morgan fingerprint density at radius 1 is 1.15 bits per heavy atom. The Kier molecular flexibility index (Phi) is 5.57. The van der Waals surface area contributed by atoms with Gasteiger partial charge in [-0.2, -0.15) is 4.31 Å². The maximum Gasteiger partial charge on any atom is 0.337 e. The van der Waals surface area contributed by atoms with E-state index in [1.807, 2.05) is 0 Å². The van der Waals surface area contributed by atoms with Crippen molar-refractivity contribution in [2.24, 2.45) is 5.92 Å². The molecular weight excluding hydrogens is 376 g/mol. The van der Waals surface area contributed by atoms with Crippen molar-refractivity contribution in [3.8, 4) is 0 Å². The lowest BCUT2D eigenvalue weighted by Crippen LogP contribution is -2.29. The second-order valence-corrected chi connectivity index (χ2v) is 8.42. The molecule has 0 spiro atoms. The molecule has 0 aliphatic carbocycles. The highest BCUT2D eigenvalue weighted by atomic mass is 32.2. The van der Waals surface area contributed by atoms with E-state index in [4.69, 9.17) is 0 Å².